The predicted molar refractivity (Wildman–Crippen MR) is 119 cm³/mol. The minimum Gasteiger partial charge on any atom is -0.447 e. The Morgan fingerprint density at radius 1 is 1.03 bits per heavy atom. The van der Waals surface area contributed by atoms with Gasteiger partial charge in [0.25, 0.3) is 0 Å². The van der Waals surface area contributed by atoms with Gasteiger partial charge in [-0.05, 0) is 49.9 Å². The van der Waals surface area contributed by atoms with E-state index >= 15 is 0 Å². The molecule has 1 fully saturated rings. The summed E-state index contributed by atoms with van der Waals surface area (Å²) < 4.78 is 5.14. The quantitative estimate of drug-likeness (QED) is 0.694. The topological polar surface area (TPSA) is 79.0 Å². The molecule has 0 radical (unpaired) electrons. The molecule has 0 spiro atoms. The molecule has 2 aromatic rings. The second-order valence-electron chi connectivity index (χ2n) is 7.48. The fraction of sp³-hybridized carbons (Fsp3) is 0.375. The fourth-order valence-corrected chi connectivity index (χ4v) is 3.64. The third-order valence-corrected chi connectivity index (χ3v) is 5.43. The number of imide groups is 1. The van der Waals surface area contributed by atoms with Crippen LogP contribution in [0.4, 0.5) is 15.3 Å². The molecular formula is C24H29N3O4. The lowest BCUT2D eigenvalue weighted by molar-refractivity contribution is -0.129. The Labute approximate surface area is 183 Å². The van der Waals surface area contributed by atoms with E-state index in [1.807, 2.05) is 68.4 Å². The van der Waals surface area contributed by atoms with Gasteiger partial charge in [0.1, 0.15) is 6.61 Å². The van der Waals surface area contributed by atoms with E-state index in [0.29, 0.717) is 31.6 Å². The summed E-state index contributed by atoms with van der Waals surface area (Å²) in [7, 11) is 0. The van der Waals surface area contributed by atoms with Crippen LogP contribution in [0.1, 0.15) is 31.4 Å². The Hall–Kier alpha value is -3.35. The highest BCUT2D eigenvalue weighted by Gasteiger charge is 2.37. The van der Waals surface area contributed by atoms with Gasteiger partial charge >= 0.3 is 12.1 Å². The normalized spacial score (nSPS) is 15.5. The molecule has 7 heteroatoms. The van der Waals surface area contributed by atoms with E-state index in [-0.39, 0.29) is 31.0 Å². The fourth-order valence-electron chi connectivity index (χ4n) is 3.64. The van der Waals surface area contributed by atoms with Gasteiger partial charge in [0.2, 0.25) is 5.91 Å². The first-order chi connectivity index (χ1) is 15.0. The second kappa shape index (κ2) is 10.6. The number of cyclic esters (lactones) is 1. The average molecular weight is 424 g/mol. The monoisotopic (exact) mass is 423 g/mol. The first kappa shape index (κ1) is 22.3. The summed E-state index contributed by atoms with van der Waals surface area (Å²) in [6, 6.07) is 16.8. The molecule has 0 aromatic heterocycles. The number of aryl methyl sites for hydroxylation is 1. The molecule has 0 saturated carbocycles. The minimum atomic E-state index is -0.569. The number of carbonyl (C=O) groups excluding carboxylic acids is 3. The number of benzene rings is 2. The highest BCUT2D eigenvalue weighted by Crippen LogP contribution is 2.20. The smallest absolute Gasteiger partial charge is 0.416 e. The molecule has 1 saturated heterocycles. The van der Waals surface area contributed by atoms with Crippen molar-refractivity contribution in [3.8, 4) is 0 Å². The van der Waals surface area contributed by atoms with Crippen LogP contribution < -0.4 is 5.32 Å². The average Bonchev–Trinajstić information content (AvgIpc) is 3.14. The van der Waals surface area contributed by atoms with Crippen molar-refractivity contribution in [3.63, 3.8) is 0 Å². The van der Waals surface area contributed by atoms with Crippen LogP contribution in [-0.4, -0.2) is 53.6 Å². The summed E-state index contributed by atoms with van der Waals surface area (Å²) >= 11 is 0. The van der Waals surface area contributed by atoms with Gasteiger partial charge in [-0.2, -0.15) is 0 Å². The first-order valence-corrected chi connectivity index (χ1v) is 10.7. The lowest BCUT2D eigenvalue weighted by Crippen LogP contribution is -2.40. The molecule has 4 amide bonds. The van der Waals surface area contributed by atoms with E-state index in [0.717, 1.165) is 11.1 Å². The zero-order chi connectivity index (χ0) is 22.2. The number of urea groups is 1. The SMILES string of the molecule is CCN(CC)C(=O)Nc1ccc(CCC(=O)N2C(=O)OC[C@H]2Cc2ccccc2)cc1. The van der Waals surface area contributed by atoms with Crippen molar-refractivity contribution < 1.29 is 19.1 Å². The molecular weight excluding hydrogens is 394 g/mol. The van der Waals surface area contributed by atoms with Gasteiger partial charge in [0.15, 0.2) is 0 Å². The largest absolute Gasteiger partial charge is 0.447 e. The molecule has 0 bridgehead atoms. The minimum absolute atomic E-state index is 0.134. The van der Waals surface area contributed by atoms with Crippen LogP contribution in [0.3, 0.4) is 0 Å². The maximum absolute atomic E-state index is 12.7. The summed E-state index contributed by atoms with van der Waals surface area (Å²) in [6.07, 6.45) is 0.732. The molecule has 7 nitrogen and oxygen atoms in total. The Morgan fingerprint density at radius 3 is 2.35 bits per heavy atom. The van der Waals surface area contributed by atoms with Gasteiger partial charge in [-0.3, -0.25) is 4.79 Å². The number of nitrogens with zero attached hydrogens (tertiary/aromatic N) is 2. The molecule has 31 heavy (non-hydrogen) atoms. The van der Waals surface area contributed by atoms with Crippen molar-refractivity contribution in [2.24, 2.45) is 0 Å². The van der Waals surface area contributed by atoms with Crippen molar-refractivity contribution in [1.29, 1.82) is 0 Å². The zero-order valence-electron chi connectivity index (χ0n) is 18.0. The maximum Gasteiger partial charge on any atom is 0.416 e. The molecule has 0 aliphatic carbocycles. The van der Waals surface area contributed by atoms with Crippen LogP contribution in [0.5, 0.6) is 0 Å². The predicted octanol–water partition coefficient (Wildman–Crippen LogP) is 4.08. The number of anilines is 1. The Bertz CT molecular complexity index is 895. The molecule has 1 aliphatic rings. The van der Waals surface area contributed by atoms with Gasteiger partial charge < -0.3 is 15.0 Å². The van der Waals surface area contributed by atoms with Gasteiger partial charge in [-0.25, -0.2) is 14.5 Å². The molecule has 1 aliphatic heterocycles. The molecule has 0 unspecified atom stereocenters. The first-order valence-electron chi connectivity index (χ1n) is 10.7. The highest BCUT2D eigenvalue weighted by molar-refractivity contribution is 5.93. The third-order valence-electron chi connectivity index (χ3n) is 5.43. The molecule has 164 valence electrons. The van der Waals surface area contributed by atoms with Crippen molar-refractivity contribution in [2.75, 3.05) is 25.0 Å². The molecule has 1 atom stereocenters. The lowest BCUT2D eigenvalue weighted by atomic mass is 10.0. The molecule has 1 N–H and O–H groups in total. The van der Waals surface area contributed by atoms with E-state index in [1.165, 1.54) is 4.90 Å². The Kier molecular flexibility index (Phi) is 7.65. The number of hydrogen-bond donors (Lipinski definition) is 1. The number of hydrogen-bond acceptors (Lipinski definition) is 4. The molecule has 2 aromatic carbocycles. The maximum atomic E-state index is 12.7. The van der Waals surface area contributed by atoms with E-state index in [9.17, 15) is 14.4 Å². The van der Waals surface area contributed by atoms with E-state index in [1.54, 1.807) is 4.90 Å². The van der Waals surface area contributed by atoms with Gasteiger partial charge in [0, 0.05) is 25.2 Å². The zero-order valence-corrected chi connectivity index (χ0v) is 18.0. The second-order valence-corrected chi connectivity index (χ2v) is 7.48. The standard InChI is InChI=1S/C24H29N3O4/c1-3-26(4-2)23(29)25-20-13-10-18(11-14-20)12-15-22(28)27-21(17-31-24(27)30)16-19-8-6-5-7-9-19/h5-11,13-14,21H,3-4,12,15-17H2,1-2H3,(H,25,29)/t21-/m1/s1. The van der Waals surface area contributed by atoms with E-state index in [4.69, 9.17) is 4.74 Å². The summed E-state index contributed by atoms with van der Waals surface area (Å²) in [6.45, 7) is 5.38. The molecule has 1 heterocycles. The van der Waals surface area contributed by atoms with Crippen molar-refractivity contribution in [2.45, 2.75) is 39.2 Å². The van der Waals surface area contributed by atoms with Gasteiger partial charge in [-0.15, -0.1) is 0 Å². The van der Waals surface area contributed by atoms with Crippen LogP contribution in [-0.2, 0) is 22.4 Å². The number of carbonyl (C=O) groups is 3. The van der Waals surface area contributed by atoms with Crippen LogP contribution in [0, 0.1) is 0 Å². The van der Waals surface area contributed by atoms with E-state index in [2.05, 4.69) is 5.32 Å². The molecule has 3 rings (SSSR count). The number of ether oxygens (including phenoxy) is 1. The number of amides is 4. The summed E-state index contributed by atoms with van der Waals surface area (Å²) in [4.78, 5) is 40.0. The Morgan fingerprint density at radius 2 is 1.71 bits per heavy atom. The summed E-state index contributed by atoms with van der Waals surface area (Å²) in [5.41, 5.74) is 2.73. The van der Waals surface area contributed by atoms with Gasteiger partial charge in [-0.1, -0.05) is 42.5 Å². The third kappa shape index (κ3) is 5.84. The summed E-state index contributed by atoms with van der Waals surface area (Å²) in [5.74, 6) is -0.234. The number of rotatable bonds is 8. The van der Waals surface area contributed by atoms with E-state index < -0.39 is 6.09 Å². The Balaban J connectivity index is 1.54. The van der Waals surface area contributed by atoms with Crippen molar-refractivity contribution in [3.05, 3.63) is 65.7 Å². The van der Waals surface area contributed by atoms with Gasteiger partial charge in [0.05, 0.1) is 6.04 Å². The van der Waals surface area contributed by atoms with Crippen LogP contribution in [0.2, 0.25) is 0 Å². The van der Waals surface area contributed by atoms with Crippen molar-refractivity contribution in [1.82, 2.24) is 9.80 Å². The number of nitrogens with one attached hydrogen (secondary N) is 1. The lowest BCUT2D eigenvalue weighted by Gasteiger charge is -2.20. The van der Waals surface area contributed by atoms with Crippen LogP contribution >= 0.6 is 0 Å². The van der Waals surface area contributed by atoms with Crippen LogP contribution in [0.15, 0.2) is 54.6 Å². The highest BCUT2D eigenvalue weighted by atomic mass is 16.6. The van der Waals surface area contributed by atoms with Crippen molar-refractivity contribution >= 4 is 23.7 Å². The summed E-state index contributed by atoms with van der Waals surface area (Å²) in [5, 5.41) is 2.87. The van der Waals surface area contributed by atoms with Crippen LogP contribution in [0.25, 0.3) is 0 Å².